The second-order valence-corrected chi connectivity index (χ2v) is 7.62. The van der Waals surface area contributed by atoms with Crippen molar-refractivity contribution >= 4 is 27.3 Å². The monoisotopic (exact) mass is 347 g/mol. The lowest BCUT2D eigenvalue weighted by molar-refractivity contribution is -0.387. The lowest BCUT2D eigenvalue weighted by atomic mass is 10.00. The van der Waals surface area contributed by atoms with Crippen LogP contribution in [0.15, 0.2) is 23.1 Å². The van der Waals surface area contributed by atoms with Crippen LogP contribution < -0.4 is 5.73 Å². The minimum Gasteiger partial charge on any atom is -0.326 e. The van der Waals surface area contributed by atoms with E-state index in [0.29, 0.717) is 12.8 Å². The molecule has 2 rings (SSSR count). The molecule has 2 N–H and O–H groups in total. The first-order valence-corrected chi connectivity index (χ1v) is 8.79. The molecular weight excluding hydrogens is 330 g/mol. The number of piperidine rings is 1. The predicted molar refractivity (Wildman–Crippen MR) is 83.3 cm³/mol. The second kappa shape index (κ2) is 6.49. The maximum Gasteiger partial charge on any atom is 0.290 e. The topological polar surface area (TPSA) is 107 Å². The summed E-state index contributed by atoms with van der Waals surface area (Å²) < 4.78 is 27.1. The van der Waals surface area contributed by atoms with Crippen molar-refractivity contribution in [2.75, 3.05) is 6.54 Å². The maximum absolute atomic E-state index is 12.9. The molecule has 1 saturated heterocycles. The number of hydrogen-bond donors (Lipinski definition) is 1. The zero-order chi connectivity index (χ0) is 16.5. The van der Waals surface area contributed by atoms with E-state index in [1.807, 2.05) is 0 Å². The Kier molecular flexibility index (Phi) is 5.06. The molecule has 0 aliphatic carbocycles. The van der Waals surface area contributed by atoms with E-state index in [1.165, 1.54) is 16.4 Å². The number of benzene rings is 1. The zero-order valence-corrected chi connectivity index (χ0v) is 13.7. The van der Waals surface area contributed by atoms with Crippen molar-refractivity contribution in [1.29, 1.82) is 0 Å². The van der Waals surface area contributed by atoms with Crippen LogP contribution in [-0.4, -0.2) is 36.3 Å². The van der Waals surface area contributed by atoms with Crippen LogP contribution in [0.4, 0.5) is 5.69 Å². The Hall–Kier alpha value is -1.22. The molecular formula is C13H18ClN3O4S. The van der Waals surface area contributed by atoms with Gasteiger partial charge >= 0.3 is 0 Å². The average molecular weight is 348 g/mol. The van der Waals surface area contributed by atoms with Crippen molar-refractivity contribution in [3.05, 3.63) is 33.3 Å². The summed E-state index contributed by atoms with van der Waals surface area (Å²) in [5, 5.41) is 11.0. The molecule has 1 aliphatic heterocycles. The summed E-state index contributed by atoms with van der Waals surface area (Å²) in [5.74, 6) is 0. The Morgan fingerprint density at radius 2 is 2.14 bits per heavy atom. The van der Waals surface area contributed by atoms with E-state index in [0.717, 1.165) is 12.5 Å². The van der Waals surface area contributed by atoms with Gasteiger partial charge in [-0.1, -0.05) is 24.1 Å². The Balaban J connectivity index is 2.57. The van der Waals surface area contributed by atoms with Gasteiger partial charge in [-0.2, -0.15) is 4.31 Å². The van der Waals surface area contributed by atoms with Gasteiger partial charge in [0.1, 0.15) is 0 Å². The minimum absolute atomic E-state index is 0.150. The molecule has 1 aliphatic rings. The molecule has 1 aromatic rings. The summed E-state index contributed by atoms with van der Waals surface area (Å²) in [4.78, 5) is 9.98. The predicted octanol–water partition coefficient (Wildman–Crippen LogP) is 2.14. The standard InChI is InChI=1S/C13H18ClN3O4S/c1-9(15)11-6-2-3-8-16(11)22(20,21)13-10(14)5-4-7-12(13)17(18)19/h4-5,7,9,11H,2-3,6,8,15H2,1H3. The number of sulfonamides is 1. The Bertz CT molecular complexity index is 678. The van der Waals surface area contributed by atoms with Crippen LogP contribution in [0.2, 0.25) is 5.02 Å². The largest absolute Gasteiger partial charge is 0.326 e. The van der Waals surface area contributed by atoms with Crippen LogP contribution in [0, 0.1) is 10.1 Å². The van der Waals surface area contributed by atoms with E-state index in [-0.39, 0.29) is 23.7 Å². The zero-order valence-electron chi connectivity index (χ0n) is 12.1. The van der Waals surface area contributed by atoms with Gasteiger partial charge in [-0.25, -0.2) is 8.42 Å². The van der Waals surface area contributed by atoms with Gasteiger partial charge in [-0.15, -0.1) is 0 Å². The fourth-order valence-electron chi connectivity index (χ4n) is 2.77. The van der Waals surface area contributed by atoms with Gasteiger partial charge < -0.3 is 5.73 Å². The summed E-state index contributed by atoms with van der Waals surface area (Å²) in [6.45, 7) is 2.02. The molecule has 0 spiro atoms. The van der Waals surface area contributed by atoms with E-state index < -0.39 is 25.5 Å². The number of halogens is 1. The Morgan fingerprint density at radius 1 is 1.45 bits per heavy atom. The van der Waals surface area contributed by atoms with Crippen molar-refractivity contribution in [3.8, 4) is 0 Å². The SMILES string of the molecule is CC(N)C1CCCCN1S(=O)(=O)c1c(Cl)cccc1[N+](=O)[O-]. The molecule has 9 heteroatoms. The summed E-state index contributed by atoms with van der Waals surface area (Å²) in [5.41, 5.74) is 5.38. The Labute approximate surface area is 134 Å². The lowest BCUT2D eigenvalue weighted by Gasteiger charge is -2.36. The first-order chi connectivity index (χ1) is 10.3. The molecule has 1 fully saturated rings. The highest BCUT2D eigenvalue weighted by Crippen LogP contribution is 2.36. The van der Waals surface area contributed by atoms with Crippen LogP contribution in [0.1, 0.15) is 26.2 Å². The lowest BCUT2D eigenvalue weighted by Crippen LogP contribution is -2.51. The van der Waals surface area contributed by atoms with Gasteiger partial charge in [0.05, 0.1) is 9.95 Å². The van der Waals surface area contributed by atoms with Crippen molar-refractivity contribution in [2.45, 2.75) is 43.2 Å². The molecule has 0 radical (unpaired) electrons. The second-order valence-electron chi connectivity index (χ2n) is 5.38. The highest BCUT2D eigenvalue weighted by molar-refractivity contribution is 7.89. The minimum atomic E-state index is -4.08. The van der Waals surface area contributed by atoms with Crippen LogP contribution in [0.3, 0.4) is 0 Å². The highest BCUT2D eigenvalue weighted by Gasteiger charge is 2.40. The van der Waals surface area contributed by atoms with Crippen molar-refractivity contribution in [2.24, 2.45) is 5.73 Å². The van der Waals surface area contributed by atoms with Gasteiger partial charge in [0.2, 0.25) is 0 Å². The molecule has 22 heavy (non-hydrogen) atoms. The van der Waals surface area contributed by atoms with Crippen LogP contribution >= 0.6 is 11.6 Å². The third kappa shape index (κ3) is 3.10. The fraction of sp³-hybridized carbons (Fsp3) is 0.538. The fourth-order valence-corrected chi connectivity index (χ4v) is 5.21. The van der Waals surface area contributed by atoms with Crippen molar-refractivity contribution in [1.82, 2.24) is 4.31 Å². The van der Waals surface area contributed by atoms with E-state index in [9.17, 15) is 18.5 Å². The Morgan fingerprint density at radius 3 is 2.73 bits per heavy atom. The van der Waals surface area contributed by atoms with Gasteiger partial charge in [-0.05, 0) is 25.8 Å². The van der Waals surface area contributed by atoms with Crippen LogP contribution in [0.25, 0.3) is 0 Å². The van der Waals surface area contributed by atoms with E-state index in [2.05, 4.69) is 0 Å². The molecule has 0 amide bonds. The molecule has 2 unspecified atom stereocenters. The molecule has 2 atom stereocenters. The number of hydrogen-bond acceptors (Lipinski definition) is 5. The van der Waals surface area contributed by atoms with E-state index in [1.54, 1.807) is 6.92 Å². The van der Waals surface area contributed by atoms with Crippen LogP contribution in [0.5, 0.6) is 0 Å². The van der Waals surface area contributed by atoms with Gasteiger partial charge in [0.25, 0.3) is 15.7 Å². The third-order valence-corrected chi connectivity index (χ3v) is 6.26. The summed E-state index contributed by atoms with van der Waals surface area (Å²) in [7, 11) is -4.08. The molecule has 1 aromatic carbocycles. The van der Waals surface area contributed by atoms with E-state index in [4.69, 9.17) is 17.3 Å². The van der Waals surface area contributed by atoms with Gasteiger partial charge in [-0.3, -0.25) is 10.1 Å². The first-order valence-electron chi connectivity index (χ1n) is 6.97. The first kappa shape index (κ1) is 17.1. The normalized spacial score (nSPS) is 21.5. The van der Waals surface area contributed by atoms with E-state index >= 15 is 0 Å². The summed E-state index contributed by atoms with van der Waals surface area (Å²) in [6.07, 6.45) is 2.21. The smallest absolute Gasteiger partial charge is 0.290 e. The summed E-state index contributed by atoms with van der Waals surface area (Å²) in [6, 6.07) is 3.10. The number of nitro groups is 1. The number of rotatable bonds is 4. The average Bonchev–Trinajstić information content (AvgIpc) is 2.46. The third-order valence-electron chi connectivity index (χ3n) is 3.81. The molecule has 122 valence electrons. The highest BCUT2D eigenvalue weighted by atomic mass is 35.5. The number of nitrogens with zero attached hydrogens (tertiary/aromatic N) is 2. The molecule has 7 nitrogen and oxygen atoms in total. The molecule has 0 aromatic heterocycles. The molecule has 1 heterocycles. The number of nitrogens with two attached hydrogens (primary N) is 1. The number of nitro benzene ring substituents is 1. The quantitative estimate of drug-likeness (QED) is 0.663. The molecule has 0 saturated carbocycles. The van der Waals surface area contributed by atoms with Crippen LogP contribution in [-0.2, 0) is 10.0 Å². The maximum atomic E-state index is 12.9. The molecule has 0 bridgehead atoms. The van der Waals surface area contributed by atoms with Crippen molar-refractivity contribution in [3.63, 3.8) is 0 Å². The van der Waals surface area contributed by atoms with Gasteiger partial charge in [0, 0.05) is 24.7 Å². The summed E-state index contributed by atoms with van der Waals surface area (Å²) >= 11 is 5.96. The van der Waals surface area contributed by atoms with Crippen molar-refractivity contribution < 1.29 is 13.3 Å². The van der Waals surface area contributed by atoms with Gasteiger partial charge in [0.15, 0.2) is 4.90 Å².